The van der Waals surface area contributed by atoms with Gasteiger partial charge in [0.2, 0.25) is 0 Å². The minimum atomic E-state index is -4.94. The highest BCUT2D eigenvalue weighted by Crippen LogP contribution is 2.45. The van der Waals surface area contributed by atoms with Crippen LogP contribution in [0.5, 0.6) is 5.75 Å². The number of nitrogens with one attached hydrogen (secondary N) is 1. The Kier molecular flexibility index (Phi) is 10.7. The largest absolute Gasteiger partial charge is 0.493 e. The number of sulfonamides is 1. The fourth-order valence-corrected chi connectivity index (χ4v) is 6.64. The van der Waals surface area contributed by atoms with Crippen LogP contribution in [0.15, 0.2) is 47.4 Å². The third-order valence-electron chi connectivity index (χ3n) is 6.78. The number of carboxylic acids is 1. The number of hydrogen-bond donors (Lipinski definition) is 2. The Morgan fingerprint density at radius 2 is 1.80 bits per heavy atom. The molecule has 0 bridgehead atoms. The molecule has 1 heterocycles. The number of benzene rings is 2. The summed E-state index contributed by atoms with van der Waals surface area (Å²) in [5.74, 6) is -1.06. The number of hydrogen-bond acceptors (Lipinski definition) is 5. The van der Waals surface area contributed by atoms with E-state index in [9.17, 15) is 26.4 Å². The van der Waals surface area contributed by atoms with E-state index in [0.717, 1.165) is 6.07 Å². The summed E-state index contributed by atoms with van der Waals surface area (Å²) in [6.45, 7) is 2.61. The van der Waals surface area contributed by atoms with Crippen LogP contribution in [-0.2, 0) is 21.0 Å². The monoisotopic (exact) mass is 603 g/mol. The molecule has 0 atom stereocenters. The van der Waals surface area contributed by atoms with E-state index in [4.69, 9.17) is 26.9 Å². The summed E-state index contributed by atoms with van der Waals surface area (Å²) < 4.78 is 77.5. The smallest absolute Gasteiger partial charge is 0.422 e. The molecule has 220 valence electrons. The first-order valence-electron chi connectivity index (χ1n) is 12.9. The van der Waals surface area contributed by atoms with Gasteiger partial charge in [0, 0.05) is 26.1 Å². The van der Waals surface area contributed by atoms with Gasteiger partial charge in [0.25, 0.3) is 10.0 Å². The van der Waals surface area contributed by atoms with E-state index in [-0.39, 0.29) is 48.3 Å². The minimum Gasteiger partial charge on any atom is -0.493 e. The van der Waals surface area contributed by atoms with Crippen molar-refractivity contribution >= 4 is 39.1 Å². The number of likely N-dealkylation sites (tertiary alicyclic amines) is 1. The molecule has 2 aromatic carbocycles. The maximum atomic E-state index is 14.6. The van der Waals surface area contributed by atoms with Gasteiger partial charge in [-0.25, -0.2) is 8.42 Å². The second-order valence-corrected chi connectivity index (χ2v) is 11.9. The molecule has 0 aliphatic carbocycles. The van der Waals surface area contributed by atoms with E-state index in [2.05, 4.69) is 0 Å². The number of amidine groups is 1. The first-order valence-corrected chi connectivity index (χ1v) is 14.8. The van der Waals surface area contributed by atoms with E-state index in [1.165, 1.54) is 36.4 Å². The Morgan fingerprint density at radius 3 is 2.40 bits per heavy atom. The summed E-state index contributed by atoms with van der Waals surface area (Å²) in [6, 6.07) is 9.10. The van der Waals surface area contributed by atoms with Gasteiger partial charge in [0.1, 0.15) is 16.2 Å². The van der Waals surface area contributed by atoms with Crippen molar-refractivity contribution < 1.29 is 36.2 Å². The molecule has 1 fully saturated rings. The predicted octanol–water partition coefficient (Wildman–Crippen LogP) is 6.29. The molecule has 1 aliphatic heterocycles. The number of piperidine rings is 1. The van der Waals surface area contributed by atoms with Crippen LogP contribution in [-0.4, -0.2) is 56.5 Å². The van der Waals surface area contributed by atoms with Crippen molar-refractivity contribution in [3.63, 3.8) is 0 Å². The zero-order chi connectivity index (χ0) is 29.5. The van der Waals surface area contributed by atoms with E-state index in [0.29, 0.717) is 42.5 Å². The van der Waals surface area contributed by atoms with Crippen molar-refractivity contribution in [2.24, 2.45) is 5.92 Å². The van der Waals surface area contributed by atoms with Gasteiger partial charge < -0.3 is 14.7 Å². The van der Waals surface area contributed by atoms with Gasteiger partial charge in [-0.15, -0.1) is 0 Å². The predicted molar refractivity (Wildman–Crippen MR) is 147 cm³/mol. The molecule has 3 rings (SSSR count). The quantitative estimate of drug-likeness (QED) is 0.168. The Morgan fingerprint density at radius 1 is 1.12 bits per heavy atom. The molecule has 1 saturated heterocycles. The molecule has 0 unspecified atom stereocenters. The first-order chi connectivity index (χ1) is 18.8. The van der Waals surface area contributed by atoms with Crippen molar-refractivity contribution in [2.75, 3.05) is 30.5 Å². The van der Waals surface area contributed by atoms with Crippen LogP contribution < -0.4 is 9.04 Å². The van der Waals surface area contributed by atoms with Gasteiger partial charge in [-0.2, -0.15) is 13.2 Å². The highest BCUT2D eigenvalue weighted by atomic mass is 35.5. The van der Waals surface area contributed by atoms with Crippen LogP contribution in [0.25, 0.3) is 0 Å². The SMILES string of the molecule is CC(=N)N1CCC(COc2cccc(N(CCCCCC(=O)O)S(=O)(=O)c3ccccc3Cl)c2C(F)(F)F)CC1. The Hall–Kier alpha value is -2.99. The number of unbranched alkanes of at least 4 members (excludes halogenated alkanes) is 2. The van der Waals surface area contributed by atoms with Gasteiger partial charge in [-0.1, -0.05) is 36.2 Å². The molecule has 2 N–H and O–H groups in total. The highest BCUT2D eigenvalue weighted by Gasteiger charge is 2.41. The Bertz CT molecular complexity index is 1300. The van der Waals surface area contributed by atoms with Gasteiger partial charge in [-0.3, -0.25) is 14.5 Å². The lowest BCUT2D eigenvalue weighted by Crippen LogP contribution is -2.38. The number of anilines is 1. The number of carboxylic acid groups (broad SMARTS) is 1. The number of rotatable bonds is 12. The van der Waals surface area contributed by atoms with E-state index < -0.39 is 39.2 Å². The lowest BCUT2D eigenvalue weighted by molar-refractivity contribution is -0.139. The minimum absolute atomic E-state index is 0.0162. The highest BCUT2D eigenvalue weighted by molar-refractivity contribution is 7.93. The summed E-state index contributed by atoms with van der Waals surface area (Å²) in [5.41, 5.74) is -1.79. The third-order valence-corrected chi connectivity index (χ3v) is 9.09. The normalized spacial score (nSPS) is 14.7. The molecule has 2 aromatic rings. The van der Waals surface area contributed by atoms with Crippen molar-refractivity contribution in [1.29, 1.82) is 5.41 Å². The maximum absolute atomic E-state index is 14.6. The van der Waals surface area contributed by atoms with Crippen molar-refractivity contribution in [3.05, 3.63) is 53.1 Å². The molecule has 1 aliphatic rings. The topological polar surface area (TPSA) is 111 Å². The molecule has 0 saturated carbocycles. The van der Waals surface area contributed by atoms with Gasteiger partial charge >= 0.3 is 12.1 Å². The second kappa shape index (κ2) is 13.6. The molecule has 0 aromatic heterocycles. The Labute approximate surface area is 237 Å². The first kappa shape index (κ1) is 31.5. The molecule has 8 nitrogen and oxygen atoms in total. The average Bonchev–Trinajstić information content (AvgIpc) is 2.88. The summed E-state index contributed by atoms with van der Waals surface area (Å²) in [4.78, 5) is 12.4. The van der Waals surface area contributed by atoms with Gasteiger partial charge in [0.15, 0.2) is 0 Å². The summed E-state index contributed by atoms with van der Waals surface area (Å²) in [6.07, 6.45) is -3.09. The van der Waals surface area contributed by atoms with Crippen molar-refractivity contribution in [3.8, 4) is 5.75 Å². The van der Waals surface area contributed by atoms with Crippen LogP contribution in [0.2, 0.25) is 5.02 Å². The fourth-order valence-electron chi connectivity index (χ4n) is 4.63. The zero-order valence-electron chi connectivity index (χ0n) is 22.1. The van der Waals surface area contributed by atoms with Crippen LogP contribution in [0.4, 0.5) is 18.9 Å². The maximum Gasteiger partial charge on any atom is 0.422 e. The van der Waals surface area contributed by atoms with Crippen LogP contribution >= 0.6 is 11.6 Å². The van der Waals surface area contributed by atoms with Crippen molar-refractivity contribution in [2.45, 2.75) is 56.5 Å². The molecule has 40 heavy (non-hydrogen) atoms. The average molecular weight is 604 g/mol. The second-order valence-electron chi connectivity index (χ2n) is 9.69. The van der Waals surface area contributed by atoms with Gasteiger partial charge in [0.05, 0.1) is 23.2 Å². The van der Waals surface area contributed by atoms with E-state index in [1.54, 1.807) is 6.92 Å². The number of alkyl halides is 3. The molecule has 0 amide bonds. The van der Waals surface area contributed by atoms with E-state index >= 15 is 0 Å². The lowest BCUT2D eigenvalue weighted by atomic mass is 9.97. The molecular formula is C27H33ClF3N3O5S. The summed E-state index contributed by atoms with van der Waals surface area (Å²) in [5, 5.41) is 16.5. The summed E-state index contributed by atoms with van der Waals surface area (Å²) >= 11 is 6.15. The lowest BCUT2D eigenvalue weighted by Gasteiger charge is -2.33. The van der Waals surface area contributed by atoms with Gasteiger partial charge in [-0.05, 0) is 62.8 Å². The fraction of sp³-hybridized carbons (Fsp3) is 0.481. The molecule has 0 spiro atoms. The molecule has 0 radical (unpaired) electrons. The standard InChI is InChI=1S/C27H33ClF3N3O5S/c1-19(32)33-16-13-20(14-17-33)18-39-23-10-7-9-22(26(23)27(29,30)31)34(15-6-2-3-12-25(35)36)40(37,38)24-11-5-4-8-21(24)28/h4-5,7-11,20,32H,2-3,6,12-18H2,1H3,(H,35,36). The number of aliphatic carboxylic acids is 1. The molecular weight excluding hydrogens is 571 g/mol. The molecule has 13 heteroatoms. The third kappa shape index (κ3) is 8.03. The van der Waals surface area contributed by atoms with E-state index in [1.807, 2.05) is 4.90 Å². The Balaban J connectivity index is 1.96. The zero-order valence-corrected chi connectivity index (χ0v) is 23.7. The van der Waals surface area contributed by atoms with Crippen LogP contribution in [0.1, 0.15) is 51.0 Å². The van der Waals surface area contributed by atoms with Crippen LogP contribution in [0.3, 0.4) is 0 Å². The number of carbonyl (C=O) groups is 1. The van der Waals surface area contributed by atoms with Crippen LogP contribution in [0, 0.1) is 11.3 Å². The number of nitrogens with zero attached hydrogens (tertiary/aromatic N) is 2. The number of halogens is 4. The summed E-state index contributed by atoms with van der Waals surface area (Å²) in [7, 11) is -4.53. The number of ether oxygens (including phenoxy) is 1. The van der Waals surface area contributed by atoms with Crippen molar-refractivity contribution in [1.82, 2.24) is 4.90 Å².